The van der Waals surface area contributed by atoms with Crippen LogP contribution in [0, 0.1) is 12.3 Å². The van der Waals surface area contributed by atoms with Crippen LogP contribution in [0.3, 0.4) is 0 Å². The van der Waals surface area contributed by atoms with Crippen LogP contribution in [0.4, 0.5) is 5.69 Å². The number of hydrogen-bond acceptors (Lipinski definition) is 6. The molecule has 0 radical (unpaired) electrons. The molecule has 0 unspecified atom stereocenters. The van der Waals surface area contributed by atoms with Crippen molar-refractivity contribution in [3.8, 4) is 23.8 Å². The van der Waals surface area contributed by atoms with Crippen molar-refractivity contribution in [3.63, 3.8) is 0 Å². The van der Waals surface area contributed by atoms with Gasteiger partial charge in [-0.2, -0.15) is 5.90 Å². The van der Waals surface area contributed by atoms with E-state index in [1.54, 1.807) is 42.5 Å². The molecular formula is C21H20N2O5. The number of benzene rings is 2. The molecule has 0 aliphatic heterocycles. The van der Waals surface area contributed by atoms with Crippen LogP contribution in [-0.2, 0) is 9.63 Å². The van der Waals surface area contributed by atoms with Gasteiger partial charge in [0.2, 0.25) is 5.91 Å². The van der Waals surface area contributed by atoms with Crippen LogP contribution in [0.1, 0.15) is 22.3 Å². The minimum Gasteiger partial charge on any atom is -0.493 e. The van der Waals surface area contributed by atoms with E-state index in [9.17, 15) is 9.59 Å². The van der Waals surface area contributed by atoms with Crippen molar-refractivity contribution in [1.82, 2.24) is 0 Å². The van der Waals surface area contributed by atoms with E-state index in [1.165, 1.54) is 19.3 Å². The molecule has 0 saturated carbocycles. The Morgan fingerprint density at radius 1 is 1.21 bits per heavy atom. The number of carbonyl (C=O) groups excluding carboxylic acids is 2. The van der Waals surface area contributed by atoms with Crippen LogP contribution in [-0.4, -0.2) is 25.6 Å². The number of methoxy groups -OCH3 is 1. The highest BCUT2D eigenvalue weighted by Crippen LogP contribution is 2.28. The van der Waals surface area contributed by atoms with Crippen molar-refractivity contribution < 1.29 is 23.9 Å². The predicted octanol–water partition coefficient (Wildman–Crippen LogP) is 2.78. The fourth-order valence-corrected chi connectivity index (χ4v) is 2.31. The highest BCUT2D eigenvalue weighted by atomic mass is 16.7. The van der Waals surface area contributed by atoms with Gasteiger partial charge in [0, 0.05) is 12.5 Å². The summed E-state index contributed by atoms with van der Waals surface area (Å²) in [5, 5.41) is 2.61. The SMILES string of the molecule is C#CCCOc1ccc(/C=C/C(=O)Nc2ccccc2C(=O)ON)cc1OC. The number of rotatable bonds is 8. The lowest BCUT2D eigenvalue weighted by Crippen LogP contribution is -2.15. The molecule has 0 fully saturated rings. The summed E-state index contributed by atoms with van der Waals surface area (Å²) in [6, 6.07) is 11.6. The van der Waals surface area contributed by atoms with Gasteiger partial charge in [0.1, 0.15) is 0 Å². The molecule has 7 nitrogen and oxygen atoms in total. The van der Waals surface area contributed by atoms with Crippen LogP contribution in [0.2, 0.25) is 0 Å². The molecular weight excluding hydrogens is 360 g/mol. The normalized spacial score (nSPS) is 10.2. The third kappa shape index (κ3) is 5.62. The van der Waals surface area contributed by atoms with E-state index < -0.39 is 11.9 Å². The van der Waals surface area contributed by atoms with Gasteiger partial charge in [-0.05, 0) is 35.9 Å². The van der Waals surface area contributed by atoms with Crippen molar-refractivity contribution >= 4 is 23.6 Å². The van der Waals surface area contributed by atoms with E-state index in [1.807, 2.05) is 0 Å². The van der Waals surface area contributed by atoms with Crippen LogP contribution in [0.5, 0.6) is 11.5 Å². The second-order valence-corrected chi connectivity index (χ2v) is 5.49. The quantitative estimate of drug-likeness (QED) is 0.316. The average Bonchev–Trinajstić information content (AvgIpc) is 2.72. The van der Waals surface area contributed by atoms with Crippen molar-refractivity contribution in [2.75, 3.05) is 19.0 Å². The first-order valence-corrected chi connectivity index (χ1v) is 8.32. The molecule has 1 amide bonds. The Balaban J connectivity index is 2.08. The summed E-state index contributed by atoms with van der Waals surface area (Å²) < 4.78 is 10.8. The molecule has 0 aliphatic rings. The van der Waals surface area contributed by atoms with Crippen molar-refractivity contribution in [2.24, 2.45) is 5.90 Å². The number of amides is 1. The lowest BCUT2D eigenvalue weighted by molar-refractivity contribution is -0.111. The van der Waals surface area contributed by atoms with Gasteiger partial charge >= 0.3 is 5.97 Å². The maximum Gasteiger partial charge on any atom is 0.358 e. The number of terminal acetylenes is 1. The molecule has 28 heavy (non-hydrogen) atoms. The molecule has 0 heterocycles. The smallest absolute Gasteiger partial charge is 0.358 e. The summed E-state index contributed by atoms with van der Waals surface area (Å²) in [5.74, 6) is 7.32. The molecule has 0 atom stereocenters. The number of carbonyl (C=O) groups is 2. The fraction of sp³-hybridized carbons (Fsp3) is 0.143. The van der Waals surface area contributed by atoms with E-state index in [2.05, 4.69) is 16.1 Å². The maximum absolute atomic E-state index is 12.2. The lowest BCUT2D eigenvalue weighted by Gasteiger charge is -2.10. The summed E-state index contributed by atoms with van der Waals surface area (Å²) >= 11 is 0. The first-order valence-electron chi connectivity index (χ1n) is 8.32. The van der Waals surface area contributed by atoms with Gasteiger partial charge in [-0.1, -0.05) is 18.2 Å². The van der Waals surface area contributed by atoms with Crippen molar-refractivity contribution in [3.05, 3.63) is 59.7 Å². The third-order valence-corrected chi connectivity index (χ3v) is 3.63. The fourth-order valence-electron chi connectivity index (χ4n) is 2.31. The van der Waals surface area contributed by atoms with E-state index in [0.29, 0.717) is 30.2 Å². The Kier molecular flexibility index (Phi) is 7.64. The second-order valence-electron chi connectivity index (χ2n) is 5.49. The summed E-state index contributed by atoms with van der Waals surface area (Å²) in [6.07, 6.45) is 8.63. The summed E-state index contributed by atoms with van der Waals surface area (Å²) in [7, 11) is 1.52. The third-order valence-electron chi connectivity index (χ3n) is 3.63. The second kappa shape index (κ2) is 10.4. The number of hydrogen-bond donors (Lipinski definition) is 2. The Bertz CT molecular complexity index is 915. The van der Waals surface area contributed by atoms with Gasteiger partial charge in [0.05, 0.1) is 25.0 Å². The molecule has 0 saturated heterocycles. The highest BCUT2D eigenvalue weighted by molar-refractivity contribution is 6.06. The average molecular weight is 380 g/mol. The Hall–Kier alpha value is -3.76. The minimum absolute atomic E-state index is 0.155. The Labute approximate surface area is 163 Å². The van der Waals surface area contributed by atoms with E-state index in [0.717, 1.165) is 5.56 Å². The van der Waals surface area contributed by atoms with Gasteiger partial charge in [-0.25, -0.2) is 4.79 Å². The zero-order chi connectivity index (χ0) is 20.4. The first-order chi connectivity index (χ1) is 13.6. The van der Waals surface area contributed by atoms with Crippen molar-refractivity contribution in [1.29, 1.82) is 0 Å². The lowest BCUT2D eigenvalue weighted by atomic mass is 10.1. The highest BCUT2D eigenvalue weighted by Gasteiger charge is 2.12. The number of para-hydroxylation sites is 1. The molecule has 7 heteroatoms. The number of anilines is 1. The van der Waals surface area contributed by atoms with Gasteiger partial charge in [-0.15, -0.1) is 12.3 Å². The minimum atomic E-state index is -0.745. The Morgan fingerprint density at radius 2 is 2.00 bits per heavy atom. The Morgan fingerprint density at radius 3 is 2.71 bits per heavy atom. The molecule has 0 spiro atoms. The van der Waals surface area contributed by atoms with Crippen LogP contribution in [0.25, 0.3) is 6.08 Å². The molecule has 2 aromatic rings. The van der Waals surface area contributed by atoms with Crippen LogP contribution >= 0.6 is 0 Å². The molecule has 144 valence electrons. The van der Waals surface area contributed by atoms with Crippen LogP contribution < -0.4 is 20.7 Å². The molecule has 2 aromatic carbocycles. The zero-order valence-electron chi connectivity index (χ0n) is 15.3. The van der Waals surface area contributed by atoms with E-state index in [4.69, 9.17) is 21.8 Å². The summed E-state index contributed by atoms with van der Waals surface area (Å²) in [6.45, 7) is 0.384. The zero-order valence-corrected chi connectivity index (χ0v) is 15.3. The van der Waals surface area contributed by atoms with Gasteiger partial charge in [0.25, 0.3) is 0 Å². The molecule has 0 bridgehead atoms. The largest absolute Gasteiger partial charge is 0.493 e. The summed E-state index contributed by atoms with van der Waals surface area (Å²) in [4.78, 5) is 28.0. The van der Waals surface area contributed by atoms with Gasteiger partial charge in [-0.3, -0.25) is 4.79 Å². The number of nitrogens with two attached hydrogens (primary N) is 1. The molecule has 3 N–H and O–H groups in total. The molecule has 0 aliphatic carbocycles. The van der Waals surface area contributed by atoms with Crippen molar-refractivity contribution in [2.45, 2.75) is 6.42 Å². The molecule has 2 rings (SSSR count). The first kappa shape index (κ1) is 20.6. The number of nitrogens with one attached hydrogen (secondary N) is 1. The standard InChI is InChI=1S/C21H20N2O5/c1-3-4-13-27-18-11-9-15(14-19(18)26-2)10-12-20(24)23-17-8-6-5-7-16(17)21(25)28-22/h1,5-12,14H,4,13,22H2,2H3,(H,23,24)/b12-10+. The van der Waals surface area contributed by atoms with E-state index in [-0.39, 0.29) is 5.56 Å². The van der Waals surface area contributed by atoms with Gasteiger partial charge in [0.15, 0.2) is 11.5 Å². The van der Waals surface area contributed by atoms with Gasteiger partial charge < -0.3 is 19.6 Å². The maximum atomic E-state index is 12.2. The van der Waals surface area contributed by atoms with Crippen LogP contribution in [0.15, 0.2) is 48.5 Å². The number of ether oxygens (including phenoxy) is 2. The van der Waals surface area contributed by atoms with E-state index >= 15 is 0 Å². The summed E-state index contributed by atoms with van der Waals surface area (Å²) in [5.41, 5.74) is 1.18. The topological polar surface area (TPSA) is 99.9 Å². The molecule has 0 aromatic heterocycles. The monoisotopic (exact) mass is 380 g/mol. The predicted molar refractivity (Wildman–Crippen MR) is 106 cm³/mol.